The van der Waals surface area contributed by atoms with Crippen LogP contribution in [0.4, 0.5) is 0 Å². The molecule has 114 valence electrons. The molecule has 6 heteroatoms. The van der Waals surface area contributed by atoms with Gasteiger partial charge in [0.1, 0.15) is 5.01 Å². The summed E-state index contributed by atoms with van der Waals surface area (Å²) < 4.78 is 0. The number of fused-ring (bicyclic) bond motifs is 2. The Hall–Kier alpha value is -0.460. The fourth-order valence-electron chi connectivity index (χ4n) is 3.29. The number of thiophene rings is 1. The van der Waals surface area contributed by atoms with Crippen LogP contribution in [0.15, 0.2) is 22.2 Å². The molecule has 1 N–H and O–H groups in total. The highest BCUT2D eigenvalue weighted by atomic mass is 35.5. The molecule has 2 bridgehead atoms. The van der Waals surface area contributed by atoms with Gasteiger partial charge in [-0.2, -0.15) is 11.3 Å². The van der Waals surface area contributed by atoms with Gasteiger partial charge in [0, 0.05) is 48.0 Å². The molecule has 2 atom stereocenters. The molecule has 0 radical (unpaired) electrons. The molecule has 4 rings (SSSR count). The highest BCUT2D eigenvalue weighted by Crippen LogP contribution is 2.27. The fraction of sp³-hybridized carbons (Fsp3) is 0.533. The van der Waals surface area contributed by atoms with Crippen LogP contribution >= 0.6 is 35.1 Å². The van der Waals surface area contributed by atoms with Crippen molar-refractivity contribution >= 4 is 35.1 Å². The summed E-state index contributed by atoms with van der Waals surface area (Å²) in [5.41, 5.74) is 2.50. The number of hydrogen-bond acceptors (Lipinski definition) is 5. The van der Waals surface area contributed by atoms with Gasteiger partial charge in [-0.25, -0.2) is 4.98 Å². The Bertz CT molecular complexity index is 569. The van der Waals surface area contributed by atoms with Crippen molar-refractivity contribution in [1.82, 2.24) is 15.2 Å². The van der Waals surface area contributed by atoms with Crippen LogP contribution in [-0.2, 0) is 6.54 Å². The van der Waals surface area contributed by atoms with Gasteiger partial charge in [0.15, 0.2) is 0 Å². The third-order valence-electron chi connectivity index (χ3n) is 4.31. The standard InChI is InChI=1S/C15H19N3S2.ClH/c1-2-13-7-18(5-3-12(1)16-13)8-14-10-20-15(17-14)11-4-6-19-9-11;/h4,6,9-10,12-13,16H,1-3,5,7-8H2;1H. The van der Waals surface area contributed by atoms with Crippen molar-refractivity contribution in [3.8, 4) is 10.6 Å². The lowest BCUT2D eigenvalue weighted by Gasteiger charge is -2.22. The number of rotatable bonds is 3. The van der Waals surface area contributed by atoms with E-state index in [2.05, 4.69) is 32.4 Å². The lowest BCUT2D eigenvalue weighted by Crippen LogP contribution is -2.35. The van der Waals surface area contributed by atoms with Gasteiger partial charge < -0.3 is 5.32 Å². The van der Waals surface area contributed by atoms with Crippen molar-refractivity contribution in [3.63, 3.8) is 0 Å². The molecule has 4 heterocycles. The zero-order valence-corrected chi connectivity index (χ0v) is 14.3. The molecule has 2 aromatic heterocycles. The van der Waals surface area contributed by atoms with Crippen molar-refractivity contribution in [2.24, 2.45) is 0 Å². The summed E-state index contributed by atoms with van der Waals surface area (Å²) in [6, 6.07) is 3.63. The smallest absolute Gasteiger partial charge is 0.124 e. The van der Waals surface area contributed by atoms with Crippen LogP contribution in [0.1, 0.15) is 25.0 Å². The Morgan fingerprint density at radius 2 is 2.14 bits per heavy atom. The summed E-state index contributed by atoms with van der Waals surface area (Å²) in [7, 11) is 0. The van der Waals surface area contributed by atoms with Crippen molar-refractivity contribution in [3.05, 3.63) is 27.9 Å². The maximum Gasteiger partial charge on any atom is 0.124 e. The maximum atomic E-state index is 4.80. The third kappa shape index (κ3) is 3.48. The largest absolute Gasteiger partial charge is 0.310 e. The number of halogens is 1. The molecular weight excluding hydrogens is 322 g/mol. The minimum absolute atomic E-state index is 0. The maximum absolute atomic E-state index is 4.80. The Morgan fingerprint density at radius 3 is 3.00 bits per heavy atom. The average molecular weight is 342 g/mol. The second kappa shape index (κ2) is 6.75. The first-order chi connectivity index (χ1) is 9.87. The van der Waals surface area contributed by atoms with Gasteiger partial charge in [-0.1, -0.05) is 0 Å². The van der Waals surface area contributed by atoms with E-state index in [-0.39, 0.29) is 12.4 Å². The van der Waals surface area contributed by atoms with E-state index in [1.807, 2.05) is 0 Å². The van der Waals surface area contributed by atoms with Crippen molar-refractivity contribution in [2.75, 3.05) is 13.1 Å². The molecule has 2 saturated heterocycles. The molecule has 0 saturated carbocycles. The number of nitrogens with one attached hydrogen (secondary N) is 1. The van der Waals surface area contributed by atoms with Gasteiger partial charge in [0.25, 0.3) is 0 Å². The minimum Gasteiger partial charge on any atom is -0.310 e. The summed E-state index contributed by atoms with van der Waals surface area (Å²) in [5.74, 6) is 0. The first kappa shape index (κ1) is 15.4. The second-order valence-electron chi connectivity index (χ2n) is 5.82. The Morgan fingerprint density at radius 1 is 1.24 bits per heavy atom. The van der Waals surface area contributed by atoms with Crippen LogP contribution in [0.2, 0.25) is 0 Å². The first-order valence-corrected chi connectivity index (χ1v) is 9.14. The van der Waals surface area contributed by atoms with E-state index in [4.69, 9.17) is 4.98 Å². The van der Waals surface area contributed by atoms with Crippen molar-refractivity contribution in [2.45, 2.75) is 37.9 Å². The zero-order valence-electron chi connectivity index (χ0n) is 11.8. The van der Waals surface area contributed by atoms with Crippen molar-refractivity contribution < 1.29 is 0 Å². The van der Waals surface area contributed by atoms with Gasteiger partial charge in [0.05, 0.1) is 5.69 Å². The summed E-state index contributed by atoms with van der Waals surface area (Å²) >= 11 is 3.51. The molecule has 0 aromatic carbocycles. The molecule has 0 aliphatic carbocycles. The SMILES string of the molecule is Cl.c1cc(-c2nc(CN3CCC4CCC(C3)N4)cs2)cs1. The van der Waals surface area contributed by atoms with Crippen LogP contribution in [0.3, 0.4) is 0 Å². The predicted octanol–water partition coefficient (Wildman–Crippen LogP) is 3.62. The molecule has 2 unspecified atom stereocenters. The summed E-state index contributed by atoms with van der Waals surface area (Å²) in [6.45, 7) is 3.40. The van der Waals surface area contributed by atoms with Gasteiger partial charge in [-0.05, 0) is 30.7 Å². The monoisotopic (exact) mass is 341 g/mol. The molecule has 0 amide bonds. The third-order valence-corrected chi connectivity index (χ3v) is 5.94. The molecule has 2 aromatic rings. The molecule has 0 spiro atoms. The fourth-order valence-corrected chi connectivity index (χ4v) is 4.81. The van der Waals surface area contributed by atoms with E-state index in [0.717, 1.165) is 17.6 Å². The van der Waals surface area contributed by atoms with Crippen LogP contribution in [-0.4, -0.2) is 35.1 Å². The molecule has 2 aliphatic rings. The first-order valence-electron chi connectivity index (χ1n) is 7.32. The van der Waals surface area contributed by atoms with Gasteiger partial charge in [0.2, 0.25) is 0 Å². The number of likely N-dealkylation sites (tertiary alicyclic amines) is 1. The van der Waals surface area contributed by atoms with E-state index in [0.29, 0.717) is 6.04 Å². The Labute approximate surface area is 139 Å². The lowest BCUT2D eigenvalue weighted by molar-refractivity contribution is 0.248. The topological polar surface area (TPSA) is 28.2 Å². The lowest BCUT2D eigenvalue weighted by atomic mass is 10.1. The van der Waals surface area contributed by atoms with Gasteiger partial charge >= 0.3 is 0 Å². The normalized spacial score (nSPS) is 25.5. The summed E-state index contributed by atoms with van der Waals surface area (Å²) in [6.07, 6.45) is 4.01. The molecule has 21 heavy (non-hydrogen) atoms. The van der Waals surface area contributed by atoms with Gasteiger partial charge in [-0.15, -0.1) is 23.7 Å². The number of thiazole rings is 1. The highest BCUT2D eigenvalue weighted by molar-refractivity contribution is 7.14. The van der Waals surface area contributed by atoms with E-state index in [1.165, 1.54) is 43.6 Å². The van der Waals surface area contributed by atoms with Crippen molar-refractivity contribution in [1.29, 1.82) is 0 Å². The predicted molar refractivity (Wildman–Crippen MR) is 92.5 cm³/mol. The minimum atomic E-state index is 0. The molecule has 3 nitrogen and oxygen atoms in total. The number of hydrogen-bond donors (Lipinski definition) is 1. The van der Waals surface area contributed by atoms with Crippen LogP contribution in [0.5, 0.6) is 0 Å². The van der Waals surface area contributed by atoms with E-state index in [9.17, 15) is 0 Å². The quantitative estimate of drug-likeness (QED) is 0.924. The molecule has 2 fully saturated rings. The average Bonchev–Trinajstić information content (AvgIpc) is 3.13. The molecule has 2 aliphatic heterocycles. The zero-order chi connectivity index (χ0) is 13.4. The molecular formula is C15H20ClN3S2. The van der Waals surface area contributed by atoms with Crippen LogP contribution in [0.25, 0.3) is 10.6 Å². The Kier molecular flexibility index (Phi) is 4.96. The van der Waals surface area contributed by atoms with Gasteiger partial charge in [-0.3, -0.25) is 4.90 Å². The van der Waals surface area contributed by atoms with Crippen LogP contribution in [0, 0.1) is 0 Å². The number of nitrogens with zero attached hydrogens (tertiary/aromatic N) is 2. The van der Waals surface area contributed by atoms with E-state index in [1.54, 1.807) is 22.7 Å². The summed E-state index contributed by atoms with van der Waals surface area (Å²) in [5, 5.41) is 11.4. The van der Waals surface area contributed by atoms with E-state index >= 15 is 0 Å². The highest BCUT2D eigenvalue weighted by Gasteiger charge is 2.29. The number of aromatic nitrogens is 1. The van der Waals surface area contributed by atoms with E-state index < -0.39 is 0 Å². The van der Waals surface area contributed by atoms with Crippen LogP contribution < -0.4 is 5.32 Å². The Balaban J connectivity index is 0.00000132. The second-order valence-corrected chi connectivity index (χ2v) is 7.46. The summed E-state index contributed by atoms with van der Waals surface area (Å²) in [4.78, 5) is 7.38.